The van der Waals surface area contributed by atoms with Crippen molar-refractivity contribution in [2.24, 2.45) is 5.73 Å². The van der Waals surface area contributed by atoms with Crippen LogP contribution in [0.25, 0.3) is 0 Å². The van der Waals surface area contributed by atoms with Gasteiger partial charge in [-0.05, 0) is 17.7 Å². The summed E-state index contributed by atoms with van der Waals surface area (Å²) in [5.74, 6) is 8.20. The number of hydrogen-bond donors (Lipinski definition) is 1. The van der Waals surface area contributed by atoms with Gasteiger partial charge in [-0.15, -0.1) is 19.3 Å². The molecule has 0 saturated carbocycles. The molecule has 4 heteroatoms. The first-order valence-electron chi connectivity index (χ1n) is 6.28. The summed E-state index contributed by atoms with van der Waals surface area (Å²) >= 11 is 0. The molecular weight excluding hydrogens is 266 g/mol. The summed E-state index contributed by atoms with van der Waals surface area (Å²) in [6, 6.07) is 5.32. The lowest BCUT2D eigenvalue weighted by atomic mass is 10.1. The van der Waals surface area contributed by atoms with Crippen molar-refractivity contribution in [2.75, 3.05) is 26.4 Å². The van der Waals surface area contributed by atoms with E-state index in [0.717, 1.165) is 5.56 Å². The quantitative estimate of drug-likeness (QED) is 0.732. The molecule has 2 N–H and O–H groups in total. The van der Waals surface area contributed by atoms with Crippen molar-refractivity contribution in [1.29, 1.82) is 0 Å². The molecule has 108 valence electrons. The highest BCUT2D eigenvalue weighted by Gasteiger charge is 2.14. The number of nitrogens with two attached hydrogens (primary N) is 1. The number of ether oxygens (including phenoxy) is 3. The van der Waals surface area contributed by atoms with E-state index in [1.165, 1.54) is 0 Å². The van der Waals surface area contributed by atoms with Crippen LogP contribution in [0.5, 0.6) is 11.5 Å². The zero-order valence-electron chi connectivity index (χ0n) is 11.7. The molecule has 0 saturated heterocycles. The third-order valence-corrected chi connectivity index (χ3v) is 2.54. The third-order valence-electron chi connectivity index (χ3n) is 2.54. The maximum absolute atomic E-state index is 5.69. The van der Waals surface area contributed by atoms with E-state index in [1.54, 1.807) is 12.1 Å². The van der Waals surface area contributed by atoms with Crippen LogP contribution in [0.3, 0.4) is 0 Å². The van der Waals surface area contributed by atoms with Gasteiger partial charge in [-0.2, -0.15) is 0 Å². The van der Waals surface area contributed by atoms with Crippen molar-refractivity contribution < 1.29 is 14.2 Å². The maximum atomic E-state index is 5.69. The van der Waals surface area contributed by atoms with Crippen LogP contribution in [0.15, 0.2) is 18.2 Å². The van der Waals surface area contributed by atoms with Gasteiger partial charge in [0.05, 0.1) is 6.10 Å². The van der Waals surface area contributed by atoms with E-state index in [-0.39, 0.29) is 25.9 Å². The van der Waals surface area contributed by atoms with Crippen molar-refractivity contribution in [3.8, 4) is 48.5 Å². The van der Waals surface area contributed by atoms with E-state index in [4.69, 9.17) is 39.2 Å². The van der Waals surface area contributed by atoms with E-state index < -0.39 is 0 Å². The summed E-state index contributed by atoms with van der Waals surface area (Å²) in [7, 11) is 0. The second kappa shape index (κ2) is 9.34. The van der Waals surface area contributed by atoms with Gasteiger partial charge in [0, 0.05) is 6.54 Å². The average molecular weight is 283 g/mol. The lowest BCUT2D eigenvalue weighted by Crippen LogP contribution is -2.16. The standard InChI is InChI=1S/C17H17NO3/c1-4-9-19-15-8-7-14(12-16(15)20-10-5-2)17(13-18)21-11-6-3/h1-3,7-8,12,17H,9-11,13,18H2. The molecule has 0 heterocycles. The number of rotatable bonds is 8. The van der Waals surface area contributed by atoms with Crippen LogP contribution in [-0.2, 0) is 4.74 Å². The second-order valence-corrected chi connectivity index (χ2v) is 3.93. The average Bonchev–Trinajstić information content (AvgIpc) is 2.52. The minimum atomic E-state index is -0.323. The van der Waals surface area contributed by atoms with Crippen molar-refractivity contribution in [2.45, 2.75) is 6.10 Å². The smallest absolute Gasteiger partial charge is 0.163 e. The van der Waals surface area contributed by atoms with Gasteiger partial charge >= 0.3 is 0 Å². The number of terminal acetylenes is 3. The van der Waals surface area contributed by atoms with Crippen molar-refractivity contribution in [1.82, 2.24) is 0 Å². The fourth-order valence-corrected chi connectivity index (χ4v) is 1.64. The van der Waals surface area contributed by atoms with Crippen LogP contribution in [0.1, 0.15) is 11.7 Å². The fraction of sp³-hybridized carbons (Fsp3) is 0.294. The first kappa shape index (κ1) is 16.5. The molecule has 0 fully saturated rings. The first-order chi connectivity index (χ1) is 10.3. The molecule has 0 aliphatic carbocycles. The van der Waals surface area contributed by atoms with Crippen LogP contribution in [-0.4, -0.2) is 26.4 Å². The van der Waals surface area contributed by atoms with Crippen molar-refractivity contribution in [3.05, 3.63) is 23.8 Å². The Kier molecular flexibility index (Phi) is 7.33. The minimum Gasteiger partial charge on any atom is -0.477 e. The molecular formula is C17H17NO3. The van der Waals surface area contributed by atoms with Gasteiger partial charge in [-0.1, -0.05) is 23.8 Å². The zero-order valence-corrected chi connectivity index (χ0v) is 11.7. The fourth-order valence-electron chi connectivity index (χ4n) is 1.64. The molecule has 0 amide bonds. The monoisotopic (exact) mass is 283 g/mol. The van der Waals surface area contributed by atoms with Crippen LogP contribution in [0, 0.1) is 37.0 Å². The van der Waals surface area contributed by atoms with Crippen LogP contribution in [0.2, 0.25) is 0 Å². The van der Waals surface area contributed by atoms with Gasteiger partial charge in [0.2, 0.25) is 0 Å². The summed E-state index contributed by atoms with van der Waals surface area (Å²) in [5, 5.41) is 0. The van der Waals surface area contributed by atoms with Gasteiger partial charge in [0.15, 0.2) is 11.5 Å². The lowest BCUT2D eigenvalue weighted by Gasteiger charge is -2.17. The van der Waals surface area contributed by atoms with Crippen molar-refractivity contribution in [3.63, 3.8) is 0 Å². The maximum Gasteiger partial charge on any atom is 0.163 e. The third kappa shape index (κ3) is 5.13. The first-order valence-corrected chi connectivity index (χ1v) is 6.28. The SMILES string of the molecule is C#CCOc1ccc(C(CN)OCC#C)cc1OCC#C. The lowest BCUT2D eigenvalue weighted by molar-refractivity contribution is 0.0843. The highest BCUT2D eigenvalue weighted by atomic mass is 16.5. The molecule has 1 aromatic carbocycles. The molecule has 1 atom stereocenters. The second-order valence-electron chi connectivity index (χ2n) is 3.93. The summed E-state index contributed by atoms with van der Waals surface area (Å²) in [4.78, 5) is 0. The largest absolute Gasteiger partial charge is 0.477 e. The molecule has 0 spiro atoms. The summed E-state index contributed by atoms with van der Waals surface area (Å²) in [6.45, 7) is 0.729. The van der Waals surface area contributed by atoms with Crippen LogP contribution >= 0.6 is 0 Å². The van der Waals surface area contributed by atoms with Gasteiger partial charge in [0.1, 0.15) is 19.8 Å². The highest BCUT2D eigenvalue weighted by Crippen LogP contribution is 2.31. The Balaban J connectivity index is 2.99. The Bertz CT molecular complexity index is 575. The van der Waals surface area contributed by atoms with E-state index >= 15 is 0 Å². The normalized spacial score (nSPS) is 10.8. The molecule has 0 aromatic heterocycles. The Morgan fingerprint density at radius 3 is 2.14 bits per heavy atom. The molecule has 1 unspecified atom stereocenters. The minimum absolute atomic E-state index is 0.119. The summed E-state index contributed by atoms with van der Waals surface area (Å²) < 4.78 is 16.3. The van der Waals surface area contributed by atoms with E-state index in [1.807, 2.05) is 6.07 Å². The predicted octanol–water partition coefficient (Wildman–Crippen LogP) is 1.36. The Labute approximate surface area is 125 Å². The Morgan fingerprint density at radius 2 is 1.57 bits per heavy atom. The molecule has 4 nitrogen and oxygen atoms in total. The molecule has 0 radical (unpaired) electrons. The Morgan fingerprint density at radius 1 is 0.952 bits per heavy atom. The van der Waals surface area contributed by atoms with Gasteiger partial charge in [-0.3, -0.25) is 0 Å². The molecule has 0 bridgehead atoms. The topological polar surface area (TPSA) is 53.7 Å². The van der Waals surface area contributed by atoms with Crippen molar-refractivity contribution >= 4 is 0 Å². The molecule has 0 aliphatic rings. The Hall–Kier alpha value is -2.58. The van der Waals surface area contributed by atoms with Crippen LogP contribution < -0.4 is 15.2 Å². The van der Waals surface area contributed by atoms with Gasteiger partial charge in [0.25, 0.3) is 0 Å². The molecule has 0 aliphatic heterocycles. The van der Waals surface area contributed by atoms with Crippen LogP contribution in [0.4, 0.5) is 0 Å². The predicted molar refractivity (Wildman–Crippen MR) is 81.7 cm³/mol. The highest BCUT2D eigenvalue weighted by molar-refractivity contribution is 5.44. The van der Waals surface area contributed by atoms with Gasteiger partial charge < -0.3 is 19.9 Å². The van der Waals surface area contributed by atoms with E-state index in [0.29, 0.717) is 18.0 Å². The molecule has 1 rings (SSSR count). The zero-order chi connectivity index (χ0) is 15.5. The van der Waals surface area contributed by atoms with E-state index in [9.17, 15) is 0 Å². The molecule has 1 aromatic rings. The summed E-state index contributed by atoms with van der Waals surface area (Å²) in [6.07, 6.45) is 15.2. The van der Waals surface area contributed by atoms with E-state index in [2.05, 4.69) is 17.8 Å². The summed E-state index contributed by atoms with van der Waals surface area (Å²) in [5.41, 5.74) is 6.52. The number of hydrogen-bond acceptors (Lipinski definition) is 4. The van der Waals surface area contributed by atoms with Gasteiger partial charge in [-0.25, -0.2) is 0 Å². The number of benzene rings is 1. The molecule has 21 heavy (non-hydrogen) atoms.